The van der Waals surface area contributed by atoms with Gasteiger partial charge in [-0.2, -0.15) is 8.78 Å². The van der Waals surface area contributed by atoms with Crippen molar-refractivity contribution in [1.29, 1.82) is 0 Å². The van der Waals surface area contributed by atoms with E-state index in [1.54, 1.807) is 4.90 Å². The molecule has 11 nitrogen and oxygen atoms in total. The molecule has 1 aromatic heterocycles. The maximum atomic E-state index is 14.1. The normalized spacial score (nSPS) is 16.4. The molecule has 2 heterocycles. The van der Waals surface area contributed by atoms with Gasteiger partial charge < -0.3 is 34.6 Å². The van der Waals surface area contributed by atoms with E-state index in [1.807, 2.05) is 13.8 Å². The molecular weight excluding hydrogens is 626 g/mol. The van der Waals surface area contributed by atoms with Gasteiger partial charge in [0, 0.05) is 50.5 Å². The summed E-state index contributed by atoms with van der Waals surface area (Å²) in [6, 6.07) is 6.43. The van der Waals surface area contributed by atoms with E-state index in [0.29, 0.717) is 18.1 Å². The number of halogens is 4. The van der Waals surface area contributed by atoms with Crippen LogP contribution in [0, 0.1) is 17.6 Å². The predicted molar refractivity (Wildman–Crippen MR) is 163 cm³/mol. The highest BCUT2D eigenvalue weighted by Gasteiger charge is 2.36. The molecule has 3 aromatic rings. The SMILES string of the molecule is CC.COCN1CCN(C(=O)c2nc(-c3ccc(OC(F)F)c(OCC4CC4)c3)oc2CN)CC1C(=O)NCc1ccc(F)cc1F. The zero-order chi connectivity index (χ0) is 34.1. The number of nitrogens with two attached hydrogens (primary N) is 1. The quantitative estimate of drug-likeness (QED) is 0.253. The molecule has 3 N–H and O–H groups in total. The molecule has 2 aliphatic rings. The summed E-state index contributed by atoms with van der Waals surface area (Å²) in [6.45, 7) is 1.50. The van der Waals surface area contributed by atoms with Crippen LogP contribution < -0.4 is 20.5 Å². The van der Waals surface area contributed by atoms with Crippen LogP contribution in [0.2, 0.25) is 0 Å². The van der Waals surface area contributed by atoms with Crippen molar-refractivity contribution < 1.29 is 45.8 Å². The molecule has 256 valence electrons. The van der Waals surface area contributed by atoms with Crippen molar-refractivity contribution in [2.24, 2.45) is 11.7 Å². The lowest BCUT2D eigenvalue weighted by atomic mass is 10.1. The van der Waals surface area contributed by atoms with Crippen LogP contribution >= 0.6 is 0 Å². The first-order valence-corrected chi connectivity index (χ1v) is 15.3. The van der Waals surface area contributed by atoms with Gasteiger partial charge in [-0.3, -0.25) is 14.5 Å². The van der Waals surface area contributed by atoms with Crippen LogP contribution in [0.5, 0.6) is 11.5 Å². The summed E-state index contributed by atoms with van der Waals surface area (Å²) in [5.74, 6) is -2.14. The second-order valence-corrected chi connectivity index (χ2v) is 10.7. The summed E-state index contributed by atoms with van der Waals surface area (Å²) in [6.07, 6.45) is 1.98. The van der Waals surface area contributed by atoms with Crippen LogP contribution in [0.3, 0.4) is 0 Å². The number of hydrogen-bond acceptors (Lipinski definition) is 9. The summed E-state index contributed by atoms with van der Waals surface area (Å²) in [5.41, 5.74) is 6.28. The Hall–Kier alpha value is -4.21. The monoisotopic (exact) mass is 665 g/mol. The standard InChI is InChI=1S/C30H33F4N5O6.C2H6/c1-42-16-39-9-8-38(14-22(39)27(40)36-13-19-4-6-20(31)11-21(19)32)29(41)26-25(12-35)44-28(37-26)18-5-7-23(45-30(33)34)24(10-18)43-15-17-2-3-17;1-2/h4-7,10-11,17,22,30H,2-3,8-9,12-16,35H2,1H3,(H,36,40);1-2H3. The van der Waals surface area contributed by atoms with E-state index >= 15 is 0 Å². The fourth-order valence-corrected chi connectivity index (χ4v) is 4.91. The highest BCUT2D eigenvalue weighted by Crippen LogP contribution is 2.37. The number of aromatic nitrogens is 1. The van der Waals surface area contributed by atoms with Gasteiger partial charge in [-0.25, -0.2) is 13.8 Å². The van der Waals surface area contributed by atoms with E-state index < -0.39 is 36.1 Å². The third kappa shape index (κ3) is 9.20. The number of methoxy groups -OCH3 is 1. The van der Waals surface area contributed by atoms with Gasteiger partial charge in [0.05, 0.1) is 19.9 Å². The molecule has 1 unspecified atom stereocenters. The smallest absolute Gasteiger partial charge is 0.387 e. The number of ether oxygens (including phenoxy) is 3. The second-order valence-electron chi connectivity index (χ2n) is 10.7. The molecule has 1 saturated heterocycles. The van der Waals surface area contributed by atoms with E-state index in [1.165, 1.54) is 36.3 Å². The number of nitrogens with one attached hydrogen (secondary N) is 1. The Morgan fingerprint density at radius 1 is 1.11 bits per heavy atom. The summed E-state index contributed by atoms with van der Waals surface area (Å²) in [4.78, 5) is 34.5. The fourth-order valence-electron chi connectivity index (χ4n) is 4.91. The maximum absolute atomic E-state index is 14.1. The number of carbonyl (C=O) groups is 2. The first-order chi connectivity index (χ1) is 22.7. The van der Waals surface area contributed by atoms with Crippen LogP contribution in [0.1, 0.15) is 48.5 Å². The largest absolute Gasteiger partial charge is 0.489 e. The molecule has 1 aliphatic heterocycles. The molecule has 1 aliphatic carbocycles. The number of carbonyl (C=O) groups excluding carboxylic acids is 2. The highest BCUT2D eigenvalue weighted by molar-refractivity contribution is 5.94. The van der Waals surface area contributed by atoms with Gasteiger partial charge in [-0.1, -0.05) is 19.9 Å². The summed E-state index contributed by atoms with van der Waals surface area (Å²) in [7, 11) is 1.47. The molecule has 15 heteroatoms. The zero-order valence-corrected chi connectivity index (χ0v) is 26.4. The van der Waals surface area contributed by atoms with Gasteiger partial charge in [-0.15, -0.1) is 0 Å². The van der Waals surface area contributed by atoms with E-state index in [0.717, 1.165) is 25.0 Å². The molecule has 0 bridgehead atoms. The predicted octanol–water partition coefficient (Wildman–Crippen LogP) is 4.54. The molecule has 2 fully saturated rings. The molecule has 0 radical (unpaired) electrons. The average Bonchev–Trinajstić information content (AvgIpc) is 3.80. The van der Waals surface area contributed by atoms with Crippen molar-refractivity contribution in [1.82, 2.24) is 20.1 Å². The summed E-state index contributed by atoms with van der Waals surface area (Å²) in [5, 5.41) is 2.65. The lowest BCUT2D eigenvalue weighted by Crippen LogP contribution is -2.60. The van der Waals surface area contributed by atoms with Crippen LogP contribution in [-0.4, -0.2) is 79.3 Å². The number of rotatable bonds is 13. The van der Waals surface area contributed by atoms with Crippen molar-refractivity contribution >= 4 is 11.8 Å². The van der Waals surface area contributed by atoms with Crippen LogP contribution in [0.15, 0.2) is 40.8 Å². The molecular formula is C32H39F4N5O6. The van der Waals surface area contributed by atoms with E-state index in [2.05, 4.69) is 15.0 Å². The Kier molecular flexibility index (Phi) is 12.6. The van der Waals surface area contributed by atoms with Gasteiger partial charge in [-0.05, 0) is 43.0 Å². The number of hydrogen-bond donors (Lipinski definition) is 2. The molecule has 2 aromatic carbocycles. The first kappa shape index (κ1) is 35.6. The average molecular weight is 666 g/mol. The first-order valence-electron chi connectivity index (χ1n) is 15.3. The van der Waals surface area contributed by atoms with Crippen LogP contribution in [-0.2, 0) is 22.6 Å². The van der Waals surface area contributed by atoms with E-state index in [-0.39, 0.29) is 73.9 Å². The van der Waals surface area contributed by atoms with Gasteiger partial charge >= 0.3 is 6.61 Å². The molecule has 1 saturated carbocycles. The number of benzene rings is 2. The van der Waals surface area contributed by atoms with E-state index in [9.17, 15) is 27.2 Å². The molecule has 0 spiro atoms. The molecule has 5 rings (SSSR count). The third-order valence-corrected chi connectivity index (χ3v) is 7.51. The minimum atomic E-state index is -3.05. The Labute approximate surface area is 269 Å². The topological polar surface area (TPSA) is 132 Å². The van der Waals surface area contributed by atoms with Crippen molar-refractivity contribution in [3.8, 4) is 23.0 Å². The Morgan fingerprint density at radius 3 is 2.53 bits per heavy atom. The van der Waals surface area contributed by atoms with Crippen molar-refractivity contribution in [3.05, 3.63) is 65.1 Å². The number of amides is 2. The van der Waals surface area contributed by atoms with Crippen LogP contribution in [0.4, 0.5) is 17.6 Å². The Bertz CT molecular complexity index is 1520. The third-order valence-electron chi connectivity index (χ3n) is 7.51. The Balaban J connectivity index is 0.00000245. The lowest BCUT2D eigenvalue weighted by molar-refractivity contribution is -0.131. The minimum Gasteiger partial charge on any atom is -0.489 e. The van der Waals surface area contributed by atoms with Crippen molar-refractivity contribution in [3.63, 3.8) is 0 Å². The van der Waals surface area contributed by atoms with Gasteiger partial charge in [0.1, 0.15) is 17.7 Å². The molecule has 2 amide bonds. The van der Waals surface area contributed by atoms with Crippen molar-refractivity contribution in [2.75, 3.05) is 40.1 Å². The maximum Gasteiger partial charge on any atom is 0.387 e. The zero-order valence-electron chi connectivity index (χ0n) is 26.4. The number of nitrogens with zero attached hydrogens (tertiary/aromatic N) is 3. The minimum absolute atomic E-state index is 0.0207. The summed E-state index contributed by atoms with van der Waals surface area (Å²) < 4.78 is 74.7. The number of piperazine rings is 1. The second kappa shape index (κ2) is 16.6. The van der Waals surface area contributed by atoms with Gasteiger partial charge in [0.2, 0.25) is 11.8 Å². The lowest BCUT2D eigenvalue weighted by Gasteiger charge is -2.39. The van der Waals surface area contributed by atoms with Gasteiger partial charge in [0.25, 0.3) is 5.91 Å². The summed E-state index contributed by atoms with van der Waals surface area (Å²) >= 11 is 0. The number of alkyl halides is 2. The van der Waals surface area contributed by atoms with Crippen molar-refractivity contribution in [2.45, 2.75) is 52.4 Å². The molecule has 47 heavy (non-hydrogen) atoms. The van der Waals surface area contributed by atoms with Gasteiger partial charge in [0.15, 0.2) is 23.0 Å². The highest BCUT2D eigenvalue weighted by atomic mass is 19.3. The van der Waals surface area contributed by atoms with E-state index in [4.69, 9.17) is 19.6 Å². The number of oxazole rings is 1. The Morgan fingerprint density at radius 2 is 1.87 bits per heavy atom. The molecule has 1 atom stereocenters. The fraction of sp³-hybridized carbons (Fsp3) is 0.469. The van der Waals surface area contributed by atoms with Crippen LogP contribution in [0.25, 0.3) is 11.5 Å².